The molecule has 1 amide bonds. The zero-order chi connectivity index (χ0) is 14.1. The monoisotopic (exact) mass is 289 g/mol. The summed E-state index contributed by atoms with van der Waals surface area (Å²) in [4.78, 5) is 17.8. The molecule has 102 valence electrons. The van der Waals surface area contributed by atoms with Gasteiger partial charge >= 0.3 is 0 Å². The van der Waals surface area contributed by atoms with Gasteiger partial charge in [-0.1, -0.05) is 23.7 Å². The fourth-order valence-corrected chi connectivity index (χ4v) is 2.25. The average Bonchev–Trinajstić information content (AvgIpc) is 2.46. The third-order valence-electron chi connectivity index (χ3n) is 3.06. The van der Waals surface area contributed by atoms with Gasteiger partial charge in [0.2, 0.25) is 0 Å². The number of halogens is 1. The second kappa shape index (κ2) is 5.02. The first kappa shape index (κ1) is 12.7. The first-order valence-corrected chi connectivity index (χ1v) is 6.46. The highest BCUT2D eigenvalue weighted by Crippen LogP contribution is 2.33. The Kier molecular flexibility index (Phi) is 3.20. The maximum Gasteiger partial charge on any atom is 0.265 e. The number of nitrogens with zero attached hydrogens (tertiary/aromatic N) is 2. The second-order valence-electron chi connectivity index (χ2n) is 4.40. The van der Waals surface area contributed by atoms with E-state index in [4.69, 9.17) is 22.1 Å². The lowest BCUT2D eigenvalue weighted by molar-refractivity contribution is -0.121. The predicted octanol–water partition coefficient (Wildman–Crippen LogP) is 2.24. The van der Waals surface area contributed by atoms with E-state index in [1.54, 1.807) is 17.0 Å². The molecule has 2 N–H and O–H groups in total. The molecule has 0 bridgehead atoms. The Morgan fingerprint density at radius 3 is 2.95 bits per heavy atom. The summed E-state index contributed by atoms with van der Waals surface area (Å²) in [6.07, 6.45) is 0. The van der Waals surface area contributed by atoms with Crippen LogP contribution in [0.3, 0.4) is 0 Å². The molecule has 0 saturated carbocycles. The SMILES string of the molecule is Nc1ccc(Cl)c(CN2C(=O)COc3ccccc32)n1. The molecule has 2 heterocycles. The number of para-hydroxylation sites is 2. The molecule has 2 aromatic rings. The van der Waals surface area contributed by atoms with E-state index in [0.717, 1.165) is 0 Å². The van der Waals surface area contributed by atoms with E-state index in [0.29, 0.717) is 28.0 Å². The van der Waals surface area contributed by atoms with Crippen molar-refractivity contribution < 1.29 is 9.53 Å². The van der Waals surface area contributed by atoms with Crippen LogP contribution in [0.2, 0.25) is 5.02 Å². The number of hydrogen-bond donors (Lipinski definition) is 1. The van der Waals surface area contributed by atoms with E-state index < -0.39 is 0 Å². The number of aromatic nitrogens is 1. The fourth-order valence-electron chi connectivity index (χ4n) is 2.09. The largest absolute Gasteiger partial charge is 0.482 e. The van der Waals surface area contributed by atoms with Crippen LogP contribution in [0, 0.1) is 0 Å². The summed E-state index contributed by atoms with van der Waals surface area (Å²) in [5.41, 5.74) is 6.94. The standard InChI is InChI=1S/C14H12ClN3O2/c15-9-5-6-13(16)17-10(9)7-18-11-3-1-2-4-12(11)20-8-14(18)19/h1-6H,7-8H2,(H2,16,17). The number of nitrogen functional groups attached to an aromatic ring is 1. The lowest BCUT2D eigenvalue weighted by atomic mass is 10.2. The van der Waals surface area contributed by atoms with Crippen LogP contribution in [0.1, 0.15) is 5.69 Å². The smallest absolute Gasteiger partial charge is 0.265 e. The third kappa shape index (κ3) is 2.28. The number of benzene rings is 1. The summed E-state index contributed by atoms with van der Waals surface area (Å²) in [7, 11) is 0. The molecule has 0 atom stereocenters. The quantitative estimate of drug-likeness (QED) is 0.920. The maximum absolute atomic E-state index is 12.1. The first-order valence-electron chi connectivity index (χ1n) is 6.08. The van der Waals surface area contributed by atoms with Crippen LogP contribution in [-0.4, -0.2) is 17.5 Å². The van der Waals surface area contributed by atoms with Crippen molar-refractivity contribution in [1.29, 1.82) is 0 Å². The Morgan fingerprint density at radius 1 is 1.30 bits per heavy atom. The predicted molar refractivity (Wildman–Crippen MR) is 76.8 cm³/mol. The summed E-state index contributed by atoms with van der Waals surface area (Å²) in [5.74, 6) is 0.912. The van der Waals surface area contributed by atoms with Gasteiger partial charge in [0.05, 0.1) is 22.9 Å². The molecular formula is C14H12ClN3O2. The summed E-state index contributed by atoms with van der Waals surface area (Å²) in [6, 6.07) is 10.7. The van der Waals surface area contributed by atoms with Gasteiger partial charge in [-0.2, -0.15) is 0 Å². The molecule has 0 fully saturated rings. The molecule has 0 aliphatic carbocycles. The number of hydrogen-bond acceptors (Lipinski definition) is 4. The van der Waals surface area contributed by atoms with E-state index in [2.05, 4.69) is 4.98 Å². The van der Waals surface area contributed by atoms with Crippen LogP contribution in [0.5, 0.6) is 5.75 Å². The Labute approximate surface area is 120 Å². The minimum absolute atomic E-state index is 0.0109. The van der Waals surface area contributed by atoms with Crippen LogP contribution < -0.4 is 15.4 Å². The highest BCUT2D eigenvalue weighted by molar-refractivity contribution is 6.31. The van der Waals surface area contributed by atoms with Crippen LogP contribution in [0.15, 0.2) is 36.4 Å². The molecule has 0 spiro atoms. The summed E-state index contributed by atoms with van der Waals surface area (Å²) in [5, 5.41) is 0.482. The van der Waals surface area contributed by atoms with Gasteiger partial charge in [-0.05, 0) is 24.3 Å². The van der Waals surface area contributed by atoms with Crippen LogP contribution in [0.25, 0.3) is 0 Å². The molecule has 1 aliphatic rings. The molecule has 0 unspecified atom stereocenters. The van der Waals surface area contributed by atoms with Crippen molar-refractivity contribution in [2.24, 2.45) is 0 Å². The van der Waals surface area contributed by atoms with Gasteiger partial charge in [0.1, 0.15) is 11.6 Å². The number of ether oxygens (including phenoxy) is 1. The Hall–Kier alpha value is -2.27. The van der Waals surface area contributed by atoms with E-state index >= 15 is 0 Å². The van der Waals surface area contributed by atoms with Crippen LogP contribution >= 0.6 is 11.6 Å². The normalized spacial score (nSPS) is 13.8. The van der Waals surface area contributed by atoms with Crippen molar-refractivity contribution in [2.45, 2.75) is 6.54 Å². The van der Waals surface area contributed by atoms with Gasteiger partial charge in [0.25, 0.3) is 5.91 Å². The molecule has 6 heteroatoms. The average molecular weight is 290 g/mol. The van der Waals surface area contributed by atoms with E-state index in [1.165, 1.54) is 0 Å². The van der Waals surface area contributed by atoms with E-state index in [9.17, 15) is 4.79 Å². The number of pyridine rings is 1. The Balaban J connectivity index is 1.97. The second-order valence-corrected chi connectivity index (χ2v) is 4.81. The zero-order valence-corrected chi connectivity index (χ0v) is 11.3. The minimum Gasteiger partial charge on any atom is -0.482 e. The number of rotatable bonds is 2. The van der Waals surface area contributed by atoms with Gasteiger partial charge < -0.3 is 10.5 Å². The molecule has 3 rings (SSSR count). The first-order chi connectivity index (χ1) is 9.65. The van der Waals surface area contributed by atoms with Crippen molar-refractivity contribution in [3.63, 3.8) is 0 Å². The molecular weight excluding hydrogens is 278 g/mol. The number of amides is 1. The van der Waals surface area contributed by atoms with Crippen LogP contribution in [0.4, 0.5) is 11.5 Å². The van der Waals surface area contributed by atoms with Gasteiger partial charge in [-0.3, -0.25) is 9.69 Å². The number of anilines is 2. The molecule has 0 saturated heterocycles. The van der Waals surface area contributed by atoms with Crippen molar-refractivity contribution in [3.8, 4) is 5.75 Å². The highest BCUT2D eigenvalue weighted by Gasteiger charge is 2.26. The van der Waals surface area contributed by atoms with Gasteiger partial charge in [0, 0.05) is 0 Å². The molecule has 1 aromatic carbocycles. The van der Waals surface area contributed by atoms with Gasteiger partial charge in [0.15, 0.2) is 6.61 Å². The van der Waals surface area contributed by atoms with Crippen molar-refractivity contribution in [3.05, 3.63) is 47.1 Å². The van der Waals surface area contributed by atoms with Gasteiger partial charge in [-0.15, -0.1) is 0 Å². The molecule has 1 aromatic heterocycles. The number of carbonyl (C=O) groups is 1. The van der Waals surface area contributed by atoms with Gasteiger partial charge in [-0.25, -0.2) is 4.98 Å². The summed E-state index contributed by atoms with van der Waals surface area (Å²) >= 11 is 6.10. The number of carbonyl (C=O) groups excluding carboxylic acids is 1. The molecule has 5 nitrogen and oxygen atoms in total. The van der Waals surface area contributed by atoms with Crippen molar-refractivity contribution in [1.82, 2.24) is 4.98 Å². The zero-order valence-electron chi connectivity index (χ0n) is 10.5. The van der Waals surface area contributed by atoms with E-state index in [1.807, 2.05) is 24.3 Å². The fraction of sp³-hybridized carbons (Fsp3) is 0.143. The molecule has 1 aliphatic heterocycles. The van der Waals surface area contributed by atoms with Crippen molar-refractivity contribution in [2.75, 3.05) is 17.2 Å². The lowest BCUT2D eigenvalue weighted by Gasteiger charge is -2.29. The van der Waals surface area contributed by atoms with Crippen LogP contribution in [-0.2, 0) is 11.3 Å². The Bertz CT molecular complexity index is 675. The molecule has 0 radical (unpaired) electrons. The molecule has 20 heavy (non-hydrogen) atoms. The van der Waals surface area contributed by atoms with E-state index in [-0.39, 0.29) is 19.1 Å². The minimum atomic E-state index is -0.135. The highest BCUT2D eigenvalue weighted by atomic mass is 35.5. The lowest BCUT2D eigenvalue weighted by Crippen LogP contribution is -2.38. The number of fused-ring (bicyclic) bond motifs is 1. The number of nitrogens with two attached hydrogens (primary N) is 1. The third-order valence-corrected chi connectivity index (χ3v) is 3.40. The summed E-state index contributed by atoms with van der Waals surface area (Å²) in [6.45, 7) is 0.278. The Morgan fingerprint density at radius 2 is 2.10 bits per heavy atom. The summed E-state index contributed by atoms with van der Waals surface area (Å²) < 4.78 is 5.39. The van der Waals surface area contributed by atoms with Crippen molar-refractivity contribution >= 4 is 29.0 Å². The topological polar surface area (TPSA) is 68.5 Å². The maximum atomic E-state index is 12.1.